The van der Waals surface area contributed by atoms with E-state index in [1.807, 2.05) is 31.2 Å². The molecule has 0 saturated heterocycles. The Morgan fingerprint density at radius 3 is 3.00 bits per heavy atom. The lowest BCUT2D eigenvalue weighted by Crippen LogP contribution is -2.24. The Morgan fingerprint density at radius 2 is 2.31 bits per heavy atom. The van der Waals surface area contributed by atoms with Crippen molar-refractivity contribution in [3.8, 4) is 0 Å². The highest BCUT2D eigenvalue weighted by atomic mass is 16.5. The number of carbonyl (C=O) groups excluding carboxylic acids is 1. The predicted octanol–water partition coefficient (Wildman–Crippen LogP) is 2.30. The summed E-state index contributed by atoms with van der Waals surface area (Å²) >= 11 is 0. The highest BCUT2D eigenvalue weighted by Gasteiger charge is 2.01. The van der Waals surface area contributed by atoms with Crippen molar-refractivity contribution in [3.63, 3.8) is 0 Å². The molecule has 0 aliphatic rings. The van der Waals surface area contributed by atoms with E-state index >= 15 is 0 Å². The zero-order chi connectivity index (χ0) is 11.8. The van der Waals surface area contributed by atoms with Crippen LogP contribution in [0.1, 0.15) is 25.3 Å². The van der Waals surface area contributed by atoms with Gasteiger partial charge in [-0.25, -0.2) is 4.79 Å². The first-order chi connectivity index (χ1) is 7.72. The number of rotatable bonds is 5. The van der Waals surface area contributed by atoms with Crippen LogP contribution >= 0.6 is 0 Å². The van der Waals surface area contributed by atoms with Crippen LogP contribution in [0.5, 0.6) is 0 Å². The summed E-state index contributed by atoms with van der Waals surface area (Å²) in [6.45, 7) is 2.96. The van der Waals surface area contributed by atoms with Crippen molar-refractivity contribution in [1.82, 2.24) is 5.32 Å². The number of nitrogens with two attached hydrogens (primary N) is 1. The number of anilines is 1. The zero-order valence-electron chi connectivity index (χ0n) is 9.53. The van der Waals surface area contributed by atoms with Gasteiger partial charge >= 0.3 is 6.09 Å². The van der Waals surface area contributed by atoms with Crippen molar-refractivity contribution in [2.24, 2.45) is 0 Å². The second-order valence-electron chi connectivity index (χ2n) is 3.59. The van der Waals surface area contributed by atoms with Gasteiger partial charge in [-0.15, -0.1) is 0 Å². The maximum absolute atomic E-state index is 11.2. The minimum absolute atomic E-state index is 0.379. The average molecular weight is 222 g/mol. The minimum Gasteiger partial charge on any atom is -0.450 e. The lowest BCUT2D eigenvalue weighted by atomic mass is 10.2. The Labute approximate surface area is 95.8 Å². The normalized spacial score (nSPS) is 9.81. The van der Waals surface area contributed by atoms with E-state index in [0.29, 0.717) is 18.8 Å². The molecule has 0 fully saturated rings. The van der Waals surface area contributed by atoms with Gasteiger partial charge in [0.15, 0.2) is 0 Å². The van der Waals surface area contributed by atoms with Gasteiger partial charge in [0, 0.05) is 12.2 Å². The Bertz CT molecular complexity index is 340. The first kappa shape index (κ1) is 12.4. The van der Waals surface area contributed by atoms with Crippen LogP contribution in [0.15, 0.2) is 24.3 Å². The van der Waals surface area contributed by atoms with E-state index in [2.05, 4.69) is 5.32 Å². The van der Waals surface area contributed by atoms with Crippen molar-refractivity contribution < 1.29 is 9.53 Å². The second-order valence-corrected chi connectivity index (χ2v) is 3.59. The quantitative estimate of drug-likeness (QED) is 0.593. The summed E-state index contributed by atoms with van der Waals surface area (Å²) in [5, 5.41) is 2.67. The van der Waals surface area contributed by atoms with E-state index in [0.717, 1.165) is 18.4 Å². The van der Waals surface area contributed by atoms with Crippen LogP contribution in [-0.2, 0) is 11.3 Å². The Morgan fingerprint density at radius 1 is 1.50 bits per heavy atom. The molecule has 16 heavy (non-hydrogen) atoms. The number of alkyl carbamates (subject to hydrolysis) is 1. The number of amides is 1. The molecule has 0 aliphatic heterocycles. The van der Waals surface area contributed by atoms with Gasteiger partial charge in [0.25, 0.3) is 0 Å². The molecule has 0 saturated carbocycles. The molecule has 0 bridgehead atoms. The molecule has 3 N–H and O–H groups in total. The highest BCUT2D eigenvalue weighted by molar-refractivity contribution is 5.67. The lowest BCUT2D eigenvalue weighted by molar-refractivity contribution is 0.144. The molecule has 4 nitrogen and oxygen atoms in total. The highest BCUT2D eigenvalue weighted by Crippen LogP contribution is 2.05. The van der Waals surface area contributed by atoms with Gasteiger partial charge in [0.1, 0.15) is 0 Å². The van der Waals surface area contributed by atoms with E-state index in [-0.39, 0.29) is 6.09 Å². The molecule has 0 unspecified atom stereocenters. The third-order valence-electron chi connectivity index (χ3n) is 2.12. The van der Waals surface area contributed by atoms with Crippen molar-refractivity contribution in [1.29, 1.82) is 0 Å². The molecule has 0 aliphatic carbocycles. The van der Waals surface area contributed by atoms with Crippen LogP contribution in [-0.4, -0.2) is 12.7 Å². The Kier molecular flexibility index (Phi) is 5.19. The largest absolute Gasteiger partial charge is 0.450 e. The average Bonchev–Trinajstić information content (AvgIpc) is 2.27. The third-order valence-corrected chi connectivity index (χ3v) is 2.12. The molecule has 1 aromatic carbocycles. The number of hydrogen-bond donors (Lipinski definition) is 2. The SMILES string of the molecule is CCCCOC(=O)NCc1cccc(N)c1. The molecular formula is C12H18N2O2. The van der Waals surface area contributed by atoms with Crippen molar-refractivity contribution in [2.45, 2.75) is 26.3 Å². The van der Waals surface area contributed by atoms with Crippen LogP contribution in [0.4, 0.5) is 10.5 Å². The lowest BCUT2D eigenvalue weighted by Gasteiger charge is -2.06. The molecular weight excluding hydrogens is 204 g/mol. The van der Waals surface area contributed by atoms with E-state index in [1.54, 1.807) is 0 Å². The van der Waals surface area contributed by atoms with Gasteiger partial charge in [-0.3, -0.25) is 0 Å². The van der Waals surface area contributed by atoms with Crippen molar-refractivity contribution >= 4 is 11.8 Å². The smallest absolute Gasteiger partial charge is 0.407 e. The Balaban J connectivity index is 2.26. The summed E-state index contributed by atoms with van der Waals surface area (Å²) < 4.78 is 4.95. The minimum atomic E-state index is -0.379. The molecule has 0 radical (unpaired) electrons. The zero-order valence-corrected chi connectivity index (χ0v) is 9.53. The fourth-order valence-corrected chi connectivity index (χ4v) is 1.24. The molecule has 1 aromatic rings. The van der Waals surface area contributed by atoms with Gasteiger partial charge in [-0.2, -0.15) is 0 Å². The fourth-order valence-electron chi connectivity index (χ4n) is 1.24. The summed E-state index contributed by atoms with van der Waals surface area (Å²) in [6.07, 6.45) is 1.53. The van der Waals surface area contributed by atoms with Gasteiger partial charge in [-0.1, -0.05) is 25.5 Å². The second kappa shape index (κ2) is 6.71. The molecule has 0 aromatic heterocycles. The summed E-state index contributed by atoms with van der Waals surface area (Å²) in [7, 11) is 0. The molecule has 1 rings (SSSR count). The summed E-state index contributed by atoms with van der Waals surface area (Å²) in [5.74, 6) is 0. The number of ether oxygens (including phenoxy) is 1. The van der Waals surface area contributed by atoms with Gasteiger partial charge in [0.2, 0.25) is 0 Å². The van der Waals surface area contributed by atoms with Gasteiger partial charge in [-0.05, 0) is 24.1 Å². The topological polar surface area (TPSA) is 64.3 Å². The number of benzene rings is 1. The monoisotopic (exact) mass is 222 g/mol. The maximum Gasteiger partial charge on any atom is 0.407 e. The summed E-state index contributed by atoms with van der Waals surface area (Å²) in [5.41, 5.74) is 7.28. The molecule has 0 spiro atoms. The summed E-state index contributed by atoms with van der Waals surface area (Å²) in [4.78, 5) is 11.2. The third kappa shape index (κ3) is 4.68. The number of carbonyl (C=O) groups is 1. The molecule has 0 heterocycles. The molecule has 1 amide bonds. The number of nitrogen functional groups attached to an aromatic ring is 1. The van der Waals surface area contributed by atoms with E-state index in [9.17, 15) is 4.79 Å². The van der Waals surface area contributed by atoms with Gasteiger partial charge < -0.3 is 15.8 Å². The number of nitrogens with one attached hydrogen (secondary N) is 1. The van der Waals surface area contributed by atoms with Crippen LogP contribution in [0.2, 0.25) is 0 Å². The fraction of sp³-hybridized carbons (Fsp3) is 0.417. The number of hydrogen-bond acceptors (Lipinski definition) is 3. The predicted molar refractivity (Wildman–Crippen MR) is 64.0 cm³/mol. The summed E-state index contributed by atoms with van der Waals surface area (Å²) in [6, 6.07) is 7.40. The van der Waals surface area contributed by atoms with E-state index < -0.39 is 0 Å². The van der Waals surface area contributed by atoms with Crippen LogP contribution < -0.4 is 11.1 Å². The van der Waals surface area contributed by atoms with Gasteiger partial charge in [0.05, 0.1) is 6.61 Å². The molecule has 88 valence electrons. The van der Waals surface area contributed by atoms with Crippen LogP contribution in [0.3, 0.4) is 0 Å². The van der Waals surface area contributed by atoms with Crippen LogP contribution in [0.25, 0.3) is 0 Å². The van der Waals surface area contributed by atoms with E-state index in [1.165, 1.54) is 0 Å². The van der Waals surface area contributed by atoms with E-state index in [4.69, 9.17) is 10.5 Å². The standard InChI is InChI=1S/C12H18N2O2/c1-2-3-7-16-12(15)14-9-10-5-4-6-11(13)8-10/h4-6,8H,2-3,7,9,13H2,1H3,(H,14,15). The molecule has 4 heteroatoms. The molecule has 0 atom stereocenters. The first-order valence-electron chi connectivity index (χ1n) is 5.47. The maximum atomic E-state index is 11.2. The van der Waals surface area contributed by atoms with Crippen LogP contribution in [0, 0.1) is 0 Å². The Hall–Kier alpha value is -1.71. The first-order valence-corrected chi connectivity index (χ1v) is 5.47. The van der Waals surface area contributed by atoms with Crippen molar-refractivity contribution in [3.05, 3.63) is 29.8 Å². The van der Waals surface area contributed by atoms with Crippen molar-refractivity contribution in [2.75, 3.05) is 12.3 Å². The number of unbranched alkanes of at least 4 members (excludes halogenated alkanes) is 1.